The lowest BCUT2D eigenvalue weighted by Gasteiger charge is -2.40. The first-order valence-electron chi connectivity index (χ1n) is 7.89. The molecule has 1 aliphatic carbocycles. The molecule has 2 heterocycles. The van der Waals surface area contributed by atoms with Crippen LogP contribution in [0, 0.1) is 6.92 Å². The maximum atomic E-state index is 4.61. The molecule has 1 aromatic carbocycles. The van der Waals surface area contributed by atoms with E-state index in [9.17, 15) is 0 Å². The number of rotatable bonds is 1. The number of benzene rings is 1. The van der Waals surface area contributed by atoms with E-state index in [0.717, 1.165) is 0 Å². The normalized spacial score (nSPS) is 22.8. The molecule has 4 rings (SSSR count). The first kappa shape index (κ1) is 12.8. The maximum Gasteiger partial charge on any atom is 0.115 e. The van der Waals surface area contributed by atoms with Gasteiger partial charge in [0.15, 0.2) is 0 Å². The molecule has 3 heteroatoms. The molecule has 0 N–H and O–H groups in total. The lowest BCUT2D eigenvalue weighted by atomic mass is 9.89. The number of aromatic nitrogens is 2. The van der Waals surface area contributed by atoms with Crippen LogP contribution >= 0.6 is 0 Å². The summed E-state index contributed by atoms with van der Waals surface area (Å²) in [5.74, 6) is 0. The Morgan fingerprint density at radius 1 is 1.19 bits per heavy atom. The van der Waals surface area contributed by atoms with Crippen molar-refractivity contribution in [1.82, 2.24) is 9.97 Å². The van der Waals surface area contributed by atoms with E-state index in [4.69, 9.17) is 0 Å². The van der Waals surface area contributed by atoms with Crippen molar-refractivity contribution in [3.8, 4) is 0 Å². The summed E-state index contributed by atoms with van der Waals surface area (Å²) in [6.07, 6.45) is 8.77. The number of hydrogen-bond donors (Lipinski definition) is 0. The van der Waals surface area contributed by atoms with Crippen molar-refractivity contribution < 1.29 is 0 Å². The number of anilines is 1. The van der Waals surface area contributed by atoms with E-state index in [1.54, 1.807) is 6.33 Å². The molecule has 2 aliphatic rings. The van der Waals surface area contributed by atoms with Crippen LogP contribution in [-0.2, 0) is 5.54 Å². The van der Waals surface area contributed by atoms with Gasteiger partial charge in [-0.1, -0.05) is 31.0 Å². The zero-order valence-corrected chi connectivity index (χ0v) is 12.7. The largest absolute Gasteiger partial charge is 0.353 e. The standard InChI is InChI=1S/C18H21N3/c1-13-7-3-4-8-16(13)21-14(2)17-15(11-19-12-20-17)18(21)9-5-6-10-18/h3-4,7-8,11-12,14H,5-6,9-10H2,1-2H3/t14-/m0/s1. The molecule has 1 aliphatic heterocycles. The number of fused-ring (bicyclic) bond motifs is 2. The Labute approximate surface area is 126 Å². The molecule has 2 aromatic rings. The van der Waals surface area contributed by atoms with Gasteiger partial charge in [0.2, 0.25) is 0 Å². The number of nitrogens with zero attached hydrogens (tertiary/aromatic N) is 3. The minimum atomic E-state index is 0.113. The van der Waals surface area contributed by atoms with Gasteiger partial charge in [-0.15, -0.1) is 0 Å². The van der Waals surface area contributed by atoms with Crippen molar-refractivity contribution in [3.05, 3.63) is 53.6 Å². The Morgan fingerprint density at radius 2 is 1.95 bits per heavy atom. The average molecular weight is 279 g/mol. The van der Waals surface area contributed by atoms with Gasteiger partial charge in [-0.25, -0.2) is 9.97 Å². The molecule has 0 amide bonds. The highest BCUT2D eigenvalue weighted by Crippen LogP contribution is 2.55. The van der Waals surface area contributed by atoms with Crippen molar-refractivity contribution >= 4 is 5.69 Å². The highest BCUT2D eigenvalue weighted by molar-refractivity contribution is 5.62. The van der Waals surface area contributed by atoms with Gasteiger partial charge < -0.3 is 4.90 Å². The molecule has 108 valence electrons. The van der Waals surface area contributed by atoms with Gasteiger partial charge in [0.25, 0.3) is 0 Å². The van der Waals surface area contributed by atoms with Crippen LogP contribution < -0.4 is 4.90 Å². The minimum Gasteiger partial charge on any atom is -0.353 e. The number of para-hydroxylation sites is 1. The van der Waals surface area contributed by atoms with Gasteiger partial charge in [0.05, 0.1) is 17.3 Å². The first-order chi connectivity index (χ1) is 10.2. The third-order valence-electron chi connectivity index (χ3n) is 5.29. The van der Waals surface area contributed by atoms with Crippen molar-refractivity contribution in [3.63, 3.8) is 0 Å². The van der Waals surface area contributed by atoms with Crippen LogP contribution in [0.2, 0.25) is 0 Å². The smallest absolute Gasteiger partial charge is 0.115 e. The van der Waals surface area contributed by atoms with E-state index >= 15 is 0 Å². The Kier molecular flexibility index (Phi) is 2.78. The van der Waals surface area contributed by atoms with E-state index in [-0.39, 0.29) is 5.54 Å². The lowest BCUT2D eigenvalue weighted by molar-refractivity contribution is 0.415. The molecule has 1 atom stereocenters. The fraction of sp³-hybridized carbons (Fsp3) is 0.444. The third kappa shape index (κ3) is 1.66. The van der Waals surface area contributed by atoms with Crippen molar-refractivity contribution in [1.29, 1.82) is 0 Å². The molecule has 0 saturated heterocycles. The molecule has 1 fully saturated rings. The summed E-state index contributed by atoms with van der Waals surface area (Å²) in [6, 6.07) is 9.05. The van der Waals surface area contributed by atoms with Crippen LogP contribution in [0.4, 0.5) is 5.69 Å². The quantitative estimate of drug-likeness (QED) is 0.785. The Morgan fingerprint density at radius 3 is 2.71 bits per heavy atom. The van der Waals surface area contributed by atoms with E-state index in [0.29, 0.717) is 6.04 Å². The first-order valence-corrected chi connectivity index (χ1v) is 7.89. The van der Waals surface area contributed by atoms with Gasteiger partial charge in [0, 0.05) is 17.4 Å². The van der Waals surface area contributed by atoms with Crippen LogP contribution in [-0.4, -0.2) is 9.97 Å². The average Bonchev–Trinajstić information content (AvgIpc) is 3.07. The summed E-state index contributed by atoms with van der Waals surface area (Å²) in [4.78, 5) is 11.6. The predicted octanol–water partition coefficient (Wildman–Crippen LogP) is 4.14. The summed E-state index contributed by atoms with van der Waals surface area (Å²) < 4.78 is 0. The molecule has 0 bridgehead atoms. The van der Waals surface area contributed by atoms with E-state index in [1.165, 1.54) is 48.2 Å². The minimum absolute atomic E-state index is 0.113. The summed E-state index contributed by atoms with van der Waals surface area (Å²) >= 11 is 0. The van der Waals surface area contributed by atoms with Gasteiger partial charge in [-0.3, -0.25) is 0 Å². The van der Waals surface area contributed by atoms with E-state index < -0.39 is 0 Å². The summed E-state index contributed by atoms with van der Waals surface area (Å²) in [7, 11) is 0. The molecule has 1 saturated carbocycles. The van der Waals surface area contributed by atoms with Gasteiger partial charge in [0.1, 0.15) is 6.33 Å². The molecular formula is C18H21N3. The number of aryl methyl sites for hydroxylation is 1. The van der Waals surface area contributed by atoms with E-state index in [1.807, 2.05) is 0 Å². The van der Waals surface area contributed by atoms with Crippen LogP contribution in [0.3, 0.4) is 0 Å². The lowest BCUT2D eigenvalue weighted by Crippen LogP contribution is -2.40. The molecule has 1 spiro atoms. The second-order valence-corrected chi connectivity index (χ2v) is 6.39. The number of hydrogen-bond acceptors (Lipinski definition) is 3. The predicted molar refractivity (Wildman–Crippen MR) is 84.3 cm³/mol. The fourth-order valence-corrected chi connectivity index (χ4v) is 4.40. The van der Waals surface area contributed by atoms with Gasteiger partial charge >= 0.3 is 0 Å². The molecular weight excluding hydrogens is 258 g/mol. The zero-order valence-electron chi connectivity index (χ0n) is 12.7. The van der Waals surface area contributed by atoms with Crippen LogP contribution in [0.25, 0.3) is 0 Å². The molecule has 0 radical (unpaired) electrons. The summed E-state index contributed by atoms with van der Waals surface area (Å²) in [6.45, 7) is 4.49. The monoisotopic (exact) mass is 279 g/mol. The molecule has 0 unspecified atom stereocenters. The molecule has 21 heavy (non-hydrogen) atoms. The highest BCUT2D eigenvalue weighted by atomic mass is 15.3. The topological polar surface area (TPSA) is 29.0 Å². The SMILES string of the molecule is Cc1ccccc1N1[C@@H](C)c2ncncc2C12CCCC2. The Hall–Kier alpha value is -1.90. The van der Waals surface area contributed by atoms with Crippen LogP contribution in [0.5, 0.6) is 0 Å². The maximum absolute atomic E-state index is 4.61. The Balaban J connectivity index is 1.93. The highest BCUT2D eigenvalue weighted by Gasteiger charge is 2.51. The van der Waals surface area contributed by atoms with Crippen LogP contribution in [0.15, 0.2) is 36.8 Å². The van der Waals surface area contributed by atoms with E-state index in [2.05, 4.69) is 59.2 Å². The fourth-order valence-electron chi connectivity index (χ4n) is 4.40. The van der Waals surface area contributed by atoms with Crippen molar-refractivity contribution in [2.24, 2.45) is 0 Å². The van der Waals surface area contributed by atoms with Crippen LogP contribution in [0.1, 0.15) is 55.5 Å². The van der Waals surface area contributed by atoms with Gasteiger partial charge in [-0.2, -0.15) is 0 Å². The molecule has 3 nitrogen and oxygen atoms in total. The van der Waals surface area contributed by atoms with Gasteiger partial charge in [-0.05, 0) is 38.3 Å². The Bertz CT molecular complexity index is 674. The second-order valence-electron chi connectivity index (χ2n) is 6.39. The van der Waals surface area contributed by atoms with Crippen molar-refractivity contribution in [2.45, 2.75) is 51.1 Å². The van der Waals surface area contributed by atoms with Crippen molar-refractivity contribution in [2.75, 3.05) is 4.90 Å². The second kappa shape index (κ2) is 4.55. The molecule has 1 aromatic heterocycles. The third-order valence-corrected chi connectivity index (χ3v) is 5.29. The summed E-state index contributed by atoms with van der Waals surface area (Å²) in [5.41, 5.74) is 5.39. The summed E-state index contributed by atoms with van der Waals surface area (Å²) in [5, 5.41) is 0. The zero-order chi connectivity index (χ0) is 14.4.